The Bertz CT molecular complexity index is 2640. The second kappa shape index (κ2) is 14.6. The van der Waals surface area contributed by atoms with Gasteiger partial charge in [0.05, 0.1) is 0 Å². The van der Waals surface area contributed by atoms with Crippen molar-refractivity contribution in [2.24, 2.45) is 0 Å². The summed E-state index contributed by atoms with van der Waals surface area (Å²) in [5.74, 6) is -1.17. The fraction of sp³-hybridized carbons (Fsp3) is 0.120. The average molecular weight is 832 g/mol. The van der Waals surface area contributed by atoms with E-state index in [1.54, 1.807) is 22.3 Å². The van der Waals surface area contributed by atoms with Gasteiger partial charge in [0.1, 0.15) is 0 Å². The maximum atomic E-state index is 2.69. The third-order valence-electron chi connectivity index (χ3n) is 11.8. The fourth-order valence-electron chi connectivity index (χ4n) is 9.71. The van der Waals surface area contributed by atoms with E-state index in [0.717, 1.165) is 0 Å². The van der Waals surface area contributed by atoms with Crippen molar-refractivity contribution in [2.75, 3.05) is 0 Å². The van der Waals surface area contributed by atoms with Gasteiger partial charge < -0.3 is 24.8 Å². The van der Waals surface area contributed by atoms with E-state index in [-0.39, 0.29) is 24.8 Å². The standard InChI is InChI=1S/2C24H17.C2H7Si.2ClH.Zr/c2*1-16-12-20-11-10-17-6-4-5-9-22(17)24(20)23(13-16)21-14-18-7-2-3-8-19(18)15-21;1-3-2;;;/h2*2-15H,1H3;3H,1-2H3;2*1H;/q;;;;;+2/p-2. The summed E-state index contributed by atoms with van der Waals surface area (Å²) in [4.78, 5) is 0. The molecule has 0 radical (unpaired) electrons. The van der Waals surface area contributed by atoms with Gasteiger partial charge in [-0.15, -0.1) is 0 Å². The van der Waals surface area contributed by atoms with Crippen LogP contribution in [0.5, 0.6) is 0 Å². The summed E-state index contributed by atoms with van der Waals surface area (Å²) in [6.07, 6.45) is 5.21. The maximum absolute atomic E-state index is 2.69. The largest absolute Gasteiger partial charge is 1.00 e. The summed E-state index contributed by atoms with van der Waals surface area (Å²) in [5.41, 5.74) is 14.7. The van der Waals surface area contributed by atoms with Crippen LogP contribution in [0.1, 0.15) is 51.8 Å². The van der Waals surface area contributed by atoms with E-state index in [4.69, 9.17) is 0 Å². The first-order valence-electron chi connectivity index (χ1n) is 18.8. The molecule has 0 aromatic heterocycles. The predicted molar refractivity (Wildman–Crippen MR) is 225 cm³/mol. The molecule has 8 aromatic rings. The Hall–Kier alpha value is -4.04. The van der Waals surface area contributed by atoms with Crippen molar-refractivity contribution in [3.05, 3.63) is 190 Å². The van der Waals surface area contributed by atoms with E-state index in [0.29, 0.717) is 7.25 Å². The number of allylic oxidation sites excluding steroid dienone is 2. The van der Waals surface area contributed by atoms with Gasteiger partial charge in [-0.1, -0.05) is 0 Å². The Kier molecular flexibility index (Phi) is 9.95. The van der Waals surface area contributed by atoms with Crippen LogP contribution in [0.2, 0.25) is 13.1 Å². The summed E-state index contributed by atoms with van der Waals surface area (Å²) < 4.78 is 0.947. The number of benzene rings is 8. The van der Waals surface area contributed by atoms with Gasteiger partial charge in [-0.25, -0.2) is 0 Å². The summed E-state index contributed by atoms with van der Waals surface area (Å²) in [5, 5.41) is 10.9. The van der Waals surface area contributed by atoms with Crippen molar-refractivity contribution < 1.29 is 45.7 Å². The van der Waals surface area contributed by atoms with Gasteiger partial charge in [0.15, 0.2) is 0 Å². The summed E-state index contributed by atoms with van der Waals surface area (Å²) >= 11 is -2.53. The van der Waals surface area contributed by atoms with Crippen LogP contribution < -0.4 is 24.8 Å². The first-order chi connectivity index (χ1) is 25.4. The van der Waals surface area contributed by atoms with Gasteiger partial charge in [0, 0.05) is 0 Å². The van der Waals surface area contributed by atoms with Crippen molar-refractivity contribution in [1.82, 2.24) is 0 Å². The molecule has 54 heavy (non-hydrogen) atoms. The Morgan fingerprint density at radius 3 is 1.28 bits per heavy atom. The van der Waals surface area contributed by atoms with Crippen molar-refractivity contribution >= 4 is 72.3 Å². The number of rotatable bonds is 5. The van der Waals surface area contributed by atoms with Gasteiger partial charge >= 0.3 is 318 Å². The molecule has 4 heteroatoms. The molecule has 8 aromatic carbocycles. The zero-order valence-corrected chi connectivity index (χ0v) is 36.1. The second-order valence-electron chi connectivity index (χ2n) is 15.4. The summed E-state index contributed by atoms with van der Waals surface area (Å²) in [6.45, 7) is 9.96. The number of hydrogen-bond acceptors (Lipinski definition) is 0. The molecule has 10 rings (SSSR count). The molecule has 2 unspecified atom stereocenters. The zero-order valence-electron chi connectivity index (χ0n) is 31.0. The molecule has 2 atom stereocenters. The monoisotopic (exact) mass is 829 g/mol. The molecule has 0 fully saturated rings. The molecule has 0 bridgehead atoms. The van der Waals surface area contributed by atoms with Crippen molar-refractivity contribution in [1.29, 1.82) is 0 Å². The summed E-state index contributed by atoms with van der Waals surface area (Å²) in [7, 11) is 0. The van der Waals surface area contributed by atoms with E-state index in [1.807, 2.05) is 0 Å². The van der Waals surface area contributed by atoms with E-state index in [9.17, 15) is 0 Å². The van der Waals surface area contributed by atoms with Crippen LogP contribution in [0.3, 0.4) is 0 Å². The van der Waals surface area contributed by atoms with Crippen LogP contribution in [0.15, 0.2) is 146 Å². The van der Waals surface area contributed by atoms with Crippen LogP contribution in [0.4, 0.5) is 0 Å². The zero-order chi connectivity index (χ0) is 35.1. The van der Waals surface area contributed by atoms with Crippen LogP contribution in [-0.2, 0) is 20.9 Å². The number of aryl methyl sites for hydroxylation is 2. The molecule has 0 amide bonds. The first-order valence-corrected chi connectivity index (χ1v) is 28.8. The van der Waals surface area contributed by atoms with Gasteiger partial charge in [0.2, 0.25) is 0 Å². The third-order valence-corrected chi connectivity index (χ3v) is 33.2. The van der Waals surface area contributed by atoms with Crippen LogP contribution in [0, 0.1) is 13.8 Å². The maximum Gasteiger partial charge on any atom is -1.00 e. The van der Waals surface area contributed by atoms with Crippen molar-refractivity contribution in [3.63, 3.8) is 0 Å². The smallest absolute Gasteiger partial charge is 1.00 e. The SMILES string of the molecule is Cc1cc(C2=Cc3ccccc3[CH]2[Zr+2]([CH]2C(c3cc(C)cc4ccc5ccccc5c34)=Cc3ccccc32)[SiH](C)C)c2c(ccc3ccccc32)c1.[Cl-].[Cl-]. The van der Waals surface area contributed by atoms with Crippen LogP contribution >= 0.6 is 0 Å². The first kappa shape index (κ1) is 36.9. The molecule has 0 aliphatic heterocycles. The van der Waals surface area contributed by atoms with Gasteiger partial charge in [0.25, 0.3) is 0 Å². The Morgan fingerprint density at radius 2 is 0.833 bits per heavy atom. The van der Waals surface area contributed by atoms with Crippen molar-refractivity contribution in [3.8, 4) is 0 Å². The Labute approximate surface area is 339 Å². The molecule has 0 heterocycles. The minimum atomic E-state index is -2.53. The predicted octanol–water partition coefficient (Wildman–Crippen LogP) is 7.42. The third kappa shape index (κ3) is 5.89. The molecule has 2 aliphatic rings. The second-order valence-corrected chi connectivity index (χ2v) is 35.4. The molecule has 0 nitrogen and oxygen atoms in total. The quantitative estimate of drug-likeness (QED) is 0.125. The Morgan fingerprint density at radius 1 is 0.444 bits per heavy atom. The molecule has 0 saturated heterocycles. The number of halogens is 2. The van der Waals surface area contributed by atoms with Crippen molar-refractivity contribution in [2.45, 2.75) is 34.2 Å². The molecule has 0 spiro atoms. The number of hydrogen-bond donors (Lipinski definition) is 0. The molecular formula is C50H41Cl2SiZr. The molecule has 263 valence electrons. The molecular weight excluding hydrogens is 791 g/mol. The van der Waals surface area contributed by atoms with Crippen LogP contribution in [-0.4, -0.2) is 5.92 Å². The Balaban J connectivity index is 0.00000207. The van der Waals surface area contributed by atoms with E-state index in [2.05, 4.69) is 185 Å². The average Bonchev–Trinajstić information content (AvgIpc) is 3.73. The van der Waals surface area contributed by atoms with Gasteiger partial charge in [-0.3, -0.25) is 0 Å². The normalized spacial score (nSPS) is 15.9. The van der Waals surface area contributed by atoms with Crippen LogP contribution in [0.25, 0.3) is 66.4 Å². The van der Waals surface area contributed by atoms with E-state index in [1.165, 1.54) is 76.5 Å². The summed E-state index contributed by atoms with van der Waals surface area (Å²) in [6, 6.07) is 56.0. The minimum absolute atomic E-state index is 0. The van der Waals surface area contributed by atoms with E-state index < -0.39 is 26.8 Å². The molecule has 2 aliphatic carbocycles. The van der Waals surface area contributed by atoms with E-state index >= 15 is 0 Å². The van der Waals surface area contributed by atoms with Gasteiger partial charge in [-0.2, -0.15) is 0 Å². The fourth-order valence-corrected chi connectivity index (χ4v) is 31.9. The molecule has 0 N–H and O–H groups in total. The topological polar surface area (TPSA) is 0 Å². The number of fused-ring (bicyclic) bond motifs is 8. The van der Waals surface area contributed by atoms with Gasteiger partial charge in [-0.05, 0) is 0 Å². The minimum Gasteiger partial charge on any atom is -1.00 e. The molecule has 0 saturated carbocycles.